The Kier molecular flexibility index (Phi) is 4.79. The molecule has 1 aromatic carbocycles. The van der Waals surface area contributed by atoms with Crippen molar-refractivity contribution in [1.82, 2.24) is 4.90 Å². The van der Waals surface area contributed by atoms with E-state index >= 15 is 0 Å². The molecule has 1 aromatic rings. The summed E-state index contributed by atoms with van der Waals surface area (Å²) in [7, 11) is 0. The number of amides is 1. The number of nitrogens with zero attached hydrogens (tertiary/aromatic N) is 1. The highest BCUT2D eigenvalue weighted by molar-refractivity contribution is 5.92. The number of carbonyl (C=O) groups is 1. The molecule has 1 heterocycles. The van der Waals surface area contributed by atoms with Crippen molar-refractivity contribution in [3.63, 3.8) is 0 Å². The first-order valence-corrected chi connectivity index (χ1v) is 8.52. The molecule has 1 aliphatic heterocycles. The van der Waals surface area contributed by atoms with Crippen molar-refractivity contribution in [2.45, 2.75) is 38.6 Å². The smallest absolute Gasteiger partial charge is 0.238 e. The summed E-state index contributed by atoms with van der Waals surface area (Å²) in [6, 6.07) is 8.42. The lowest BCUT2D eigenvalue weighted by molar-refractivity contribution is -0.117. The third-order valence-electron chi connectivity index (χ3n) is 5.22. The van der Waals surface area contributed by atoms with Gasteiger partial charge in [-0.05, 0) is 48.8 Å². The normalized spacial score (nSPS) is 28.4. The van der Waals surface area contributed by atoms with Gasteiger partial charge in [0.25, 0.3) is 0 Å². The molecule has 120 valence electrons. The van der Waals surface area contributed by atoms with E-state index < -0.39 is 0 Å². The largest absolute Gasteiger partial charge is 0.327 e. The first kappa shape index (κ1) is 15.5. The molecule has 1 saturated carbocycles. The summed E-state index contributed by atoms with van der Waals surface area (Å²) < 4.78 is 0. The molecule has 0 radical (unpaired) electrons. The Labute approximate surface area is 133 Å². The van der Waals surface area contributed by atoms with Gasteiger partial charge in [-0.2, -0.15) is 0 Å². The molecule has 1 amide bonds. The van der Waals surface area contributed by atoms with Crippen LogP contribution in [0.15, 0.2) is 24.3 Å². The van der Waals surface area contributed by atoms with Crippen LogP contribution in [0, 0.1) is 11.8 Å². The number of benzene rings is 1. The van der Waals surface area contributed by atoms with Crippen molar-refractivity contribution in [3.8, 4) is 0 Å². The van der Waals surface area contributed by atoms with E-state index in [1.165, 1.54) is 18.4 Å². The van der Waals surface area contributed by atoms with E-state index in [0.29, 0.717) is 24.4 Å². The minimum atomic E-state index is 0.0838. The van der Waals surface area contributed by atoms with Crippen LogP contribution in [0.5, 0.6) is 0 Å². The second-order valence-corrected chi connectivity index (χ2v) is 6.81. The molecular formula is C18H27N3O. The van der Waals surface area contributed by atoms with E-state index in [-0.39, 0.29) is 5.91 Å². The maximum Gasteiger partial charge on any atom is 0.238 e. The molecule has 3 unspecified atom stereocenters. The van der Waals surface area contributed by atoms with Crippen LogP contribution in [0.2, 0.25) is 0 Å². The van der Waals surface area contributed by atoms with Crippen LogP contribution < -0.4 is 11.1 Å². The fourth-order valence-electron chi connectivity index (χ4n) is 4.01. The van der Waals surface area contributed by atoms with E-state index in [0.717, 1.165) is 31.6 Å². The zero-order valence-electron chi connectivity index (χ0n) is 13.4. The molecule has 22 heavy (non-hydrogen) atoms. The summed E-state index contributed by atoms with van der Waals surface area (Å²) in [4.78, 5) is 14.5. The molecule has 0 aromatic heterocycles. The second kappa shape index (κ2) is 6.80. The molecule has 0 bridgehead atoms. The molecule has 3 atom stereocenters. The van der Waals surface area contributed by atoms with Gasteiger partial charge in [-0.25, -0.2) is 0 Å². The van der Waals surface area contributed by atoms with Crippen molar-refractivity contribution in [1.29, 1.82) is 0 Å². The van der Waals surface area contributed by atoms with Crippen molar-refractivity contribution >= 4 is 11.6 Å². The highest BCUT2D eigenvalue weighted by atomic mass is 16.2. The monoisotopic (exact) mass is 301 g/mol. The van der Waals surface area contributed by atoms with Crippen molar-refractivity contribution in [3.05, 3.63) is 29.8 Å². The van der Waals surface area contributed by atoms with Crippen molar-refractivity contribution in [2.75, 3.05) is 25.0 Å². The topological polar surface area (TPSA) is 58.4 Å². The number of anilines is 1. The maximum atomic E-state index is 12.3. The number of rotatable bonds is 4. The van der Waals surface area contributed by atoms with Gasteiger partial charge in [0.2, 0.25) is 5.91 Å². The predicted molar refractivity (Wildman–Crippen MR) is 89.7 cm³/mol. The number of likely N-dealkylation sites (tertiary alicyclic amines) is 1. The zero-order valence-corrected chi connectivity index (χ0v) is 13.4. The van der Waals surface area contributed by atoms with Gasteiger partial charge in [0.15, 0.2) is 0 Å². The Bertz CT molecular complexity index is 531. The number of nitrogens with one attached hydrogen (secondary N) is 1. The van der Waals surface area contributed by atoms with Crippen molar-refractivity contribution < 1.29 is 4.79 Å². The number of hydrogen-bond acceptors (Lipinski definition) is 3. The molecular weight excluding hydrogens is 274 g/mol. The second-order valence-electron chi connectivity index (χ2n) is 6.81. The average Bonchev–Trinajstić information content (AvgIpc) is 2.91. The summed E-state index contributed by atoms with van der Waals surface area (Å²) in [5.74, 6) is 1.37. The maximum absolute atomic E-state index is 12.3. The van der Waals surface area contributed by atoms with E-state index in [1.54, 1.807) is 0 Å². The van der Waals surface area contributed by atoms with Crippen molar-refractivity contribution in [2.24, 2.45) is 17.6 Å². The molecule has 2 aliphatic rings. The minimum absolute atomic E-state index is 0.0838. The summed E-state index contributed by atoms with van der Waals surface area (Å²) in [6.45, 7) is 4.61. The van der Waals surface area contributed by atoms with Crippen LogP contribution in [0.4, 0.5) is 5.69 Å². The fourth-order valence-corrected chi connectivity index (χ4v) is 4.01. The van der Waals surface area contributed by atoms with Crippen LogP contribution in [-0.4, -0.2) is 36.5 Å². The van der Waals surface area contributed by atoms with E-state index in [9.17, 15) is 4.79 Å². The molecule has 2 fully saturated rings. The highest BCUT2D eigenvalue weighted by Crippen LogP contribution is 2.35. The van der Waals surface area contributed by atoms with E-state index in [1.807, 2.05) is 12.1 Å². The average molecular weight is 301 g/mol. The Morgan fingerprint density at radius 2 is 2.23 bits per heavy atom. The minimum Gasteiger partial charge on any atom is -0.327 e. The van der Waals surface area contributed by atoms with Gasteiger partial charge < -0.3 is 11.1 Å². The number of carbonyl (C=O) groups excluding carboxylic acids is 1. The molecule has 1 aliphatic carbocycles. The SMILES string of the molecule is CCc1cccc(NC(=O)CN2CC3CCCC(N)C3C2)c1. The Morgan fingerprint density at radius 3 is 3.00 bits per heavy atom. The van der Waals surface area contributed by atoms with E-state index in [4.69, 9.17) is 5.73 Å². The third-order valence-corrected chi connectivity index (χ3v) is 5.22. The number of fused-ring (bicyclic) bond motifs is 1. The van der Waals surface area contributed by atoms with Crippen LogP contribution in [0.25, 0.3) is 0 Å². The molecule has 0 spiro atoms. The van der Waals surface area contributed by atoms with Gasteiger partial charge in [-0.15, -0.1) is 0 Å². The summed E-state index contributed by atoms with van der Waals surface area (Å²) in [5.41, 5.74) is 8.39. The number of aryl methyl sites for hydroxylation is 1. The Morgan fingerprint density at radius 1 is 1.36 bits per heavy atom. The van der Waals surface area contributed by atoms with Gasteiger partial charge in [0, 0.05) is 24.8 Å². The first-order valence-electron chi connectivity index (χ1n) is 8.52. The summed E-state index contributed by atoms with van der Waals surface area (Å²) >= 11 is 0. The predicted octanol–water partition coefficient (Wildman–Crippen LogP) is 2.25. The lowest BCUT2D eigenvalue weighted by Gasteiger charge is -2.29. The molecule has 3 N–H and O–H groups in total. The highest BCUT2D eigenvalue weighted by Gasteiger charge is 2.38. The van der Waals surface area contributed by atoms with Gasteiger partial charge in [0.1, 0.15) is 0 Å². The lowest BCUT2D eigenvalue weighted by atomic mass is 9.78. The van der Waals surface area contributed by atoms with Gasteiger partial charge in [-0.3, -0.25) is 9.69 Å². The molecule has 4 nitrogen and oxygen atoms in total. The molecule has 1 saturated heterocycles. The standard InChI is InChI=1S/C18H27N3O/c1-2-13-5-3-7-15(9-13)20-18(22)12-21-10-14-6-4-8-17(19)16(14)11-21/h3,5,7,9,14,16-17H,2,4,6,8,10-12,19H2,1H3,(H,20,22). The van der Waals surface area contributed by atoms with Gasteiger partial charge in [-0.1, -0.05) is 25.5 Å². The molecule has 3 rings (SSSR count). The van der Waals surface area contributed by atoms with Crippen LogP contribution in [0.1, 0.15) is 31.7 Å². The van der Waals surface area contributed by atoms with Crippen LogP contribution in [-0.2, 0) is 11.2 Å². The van der Waals surface area contributed by atoms with Crippen LogP contribution >= 0.6 is 0 Å². The van der Waals surface area contributed by atoms with Gasteiger partial charge in [0.05, 0.1) is 6.54 Å². The molecule has 4 heteroatoms. The number of nitrogens with two attached hydrogens (primary N) is 1. The fraction of sp³-hybridized carbons (Fsp3) is 0.611. The first-order chi connectivity index (χ1) is 10.7. The third kappa shape index (κ3) is 3.50. The van der Waals surface area contributed by atoms with Gasteiger partial charge >= 0.3 is 0 Å². The Hall–Kier alpha value is -1.39. The summed E-state index contributed by atoms with van der Waals surface area (Å²) in [6.07, 6.45) is 4.64. The Balaban J connectivity index is 1.54. The lowest BCUT2D eigenvalue weighted by Crippen LogP contribution is -2.38. The van der Waals surface area contributed by atoms with Crippen LogP contribution in [0.3, 0.4) is 0 Å². The number of hydrogen-bond donors (Lipinski definition) is 2. The summed E-state index contributed by atoms with van der Waals surface area (Å²) in [5, 5.41) is 3.02. The zero-order chi connectivity index (χ0) is 15.5. The van der Waals surface area contributed by atoms with E-state index in [2.05, 4.69) is 29.3 Å². The quantitative estimate of drug-likeness (QED) is 0.897.